The Morgan fingerprint density at radius 3 is 2.50 bits per heavy atom. The zero-order valence-corrected chi connectivity index (χ0v) is 16.0. The second-order valence-electron chi connectivity index (χ2n) is 7.21. The monoisotopic (exact) mass is 380 g/mol. The number of hydrogen-bond acceptors (Lipinski definition) is 4. The van der Waals surface area contributed by atoms with Gasteiger partial charge in [-0.3, -0.25) is 19.4 Å². The first-order chi connectivity index (χ1) is 13.4. The summed E-state index contributed by atoms with van der Waals surface area (Å²) in [6.45, 7) is 4.06. The Morgan fingerprint density at radius 1 is 1.11 bits per heavy atom. The van der Waals surface area contributed by atoms with Crippen LogP contribution in [0.15, 0.2) is 48.8 Å². The number of amides is 3. The number of aromatic nitrogens is 1. The summed E-state index contributed by atoms with van der Waals surface area (Å²) >= 11 is 0. The van der Waals surface area contributed by atoms with Crippen molar-refractivity contribution in [2.24, 2.45) is 11.7 Å². The van der Waals surface area contributed by atoms with Gasteiger partial charge in [-0.25, -0.2) is 0 Å². The average Bonchev–Trinajstić information content (AvgIpc) is 2.70. The molecule has 0 saturated carbocycles. The average molecular weight is 380 g/mol. The largest absolute Gasteiger partial charge is 0.366 e. The highest BCUT2D eigenvalue weighted by atomic mass is 16.2. The van der Waals surface area contributed by atoms with Gasteiger partial charge in [-0.1, -0.05) is 37.3 Å². The van der Waals surface area contributed by atoms with Crippen molar-refractivity contribution in [1.29, 1.82) is 0 Å². The molecule has 7 heteroatoms. The van der Waals surface area contributed by atoms with Gasteiger partial charge in [0.1, 0.15) is 0 Å². The van der Waals surface area contributed by atoms with Crippen LogP contribution in [-0.4, -0.2) is 33.6 Å². The van der Waals surface area contributed by atoms with E-state index >= 15 is 0 Å². The summed E-state index contributed by atoms with van der Waals surface area (Å²) in [4.78, 5) is 42.6. The van der Waals surface area contributed by atoms with Crippen LogP contribution in [0.25, 0.3) is 0 Å². The van der Waals surface area contributed by atoms with Gasteiger partial charge in [-0.15, -0.1) is 0 Å². The highest BCUT2D eigenvalue weighted by Crippen LogP contribution is 2.37. The van der Waals surface area contributed by atoms with Crippen LogP contribution in [0.3, 0.4) is 0 Å². The number of carbonyl (C=O) groups excluding carboxylic acids is 3. The molecule has 2 heterocycles. The lowest BCUT2D eigenvalue weighted by Gasteiger charge is -2.44. The van der Waals surface area contributed by atoms with E-state index in [0.717, 1.165) is 18.4 Å². The molecule has 3 rings (SSSR count). The molecular weight excluding hydrogens is 356 g/mol. The number of anilines is 1. The molecule has 2 aromatic rings. The summed E-state index contributed by atoms with van der Waals surface area (Å²) in [6, 6.07) is 10.9. The lowest BCUT2D eigenvalue weighted by atomic mass is 9.84. The van der Waals surface area contributed by atoms with Gasteiger partial charge in [-0.2, -0.15) is 0 Å². The van der Waals surface area contributed by atoms with Gasteiger partial charge in [0.15, 0.2) is 0 Å². The summed E-state index contributed by atoms with van der Waals surface area (Å²) in [7, 11) is 0. The minimum absolute atomic E-state index is 0.0766. The number of pyridine rings is 1. The van der Waals surface area contributed by atoms with Crippen molar-refractivity contribution in [3.8, 4) is 0 Å². The maximum Gasteiger partial charge on any atom is 0.313 e. The molecule has 3 amide bonds. The maximum atomic E-state index is 13.1. The van der Waals surface area contributed by atoms with Gasteiger partial charge in [0.2, 0.25) is 5.91 Å². The Kier molecular flexibility index (Phi) is 5.73. The summed E-state index contributed by atoms with van der Waals surface area (Å²) in [6.07, 6.45) is 4.46. The molecule has 1 saturated heterocycles. The molecule has 1 aliphatic rings. The zero-order chi connectivity index (χ0) is 20.3. The van der Waals surface area contributed by atoms with Gasteiger partial charge in [0, 0.05) is 12.2 Å². The van der Waals surface area contributed by atoms with Crippen molar-refractivity contribution in [3.05, 3.63) is 59.9 Å². The number of carbonyl (C=O) groups is 3. The number of rotatable bonds is 3. The smallest absolute Gasteiger partial charge is 0.313 e. The van der Waals surface area contributed by atoms with Crippen molar-refractivity contribution < 1.29 is 14.4 Å². The fraction of sp³-hybridized carbons (Fsp3) is 0.333. The number of nitrogens with one attached hydrogen (secondary N) is 1. The normalized spacial score (nSPS) is 21.8. The second kappa shape index (κ2) is 8.21. The predicted molar refractivity (Wildman–Crippen MR) is 105 cm³/mol. The number of nitrogens with two attached hydrogens (primary N) is 1. The van der Waals surface area contributed by atoms with Crippen LogP contribution in [0.2, 0.25) is 0 Å². The Hall–Kier alpha value is -3.22. The zero-order valence-electron chi connectivity index (χ0n) is 16.0. The van der Waals surface area contributed by atoms with Crippen molar-refractivity contribution in [3.63, 3.8) is 0 Å². The van der Waals surface area contributed by atoms with E-state index in [-0.39, 0.29) is 29.3 Å². The highest BCUT2D eigenvalue weighted by Gasteiger charge is 2.38. The Morgan fingerprint density at radius 2 is 1.82 bits per heavy atom. The standard InChI is InChI=1S/C21H24N4O3/c1-13-8-9-18(15-6-4-3-5-7-15)25(14(13)2)21(28)20(27)24-17-10-16(19(22)26)11-23-12-17/h3-7,10-14,18H,8-9H2,1-2H3,(H2,22,26)(H,24,27)/t13-,14+,18+/m0/s1. The second-order valence-corrected chi connectivity index (χ2v) is 7.21. The van der Waals surface area contributed by atoms with Crippen molar-refractivity contribution in [2.45, 2.75) is 38.8 Å². The molecule has 1 aromatic carbocycles. The van der Waals surface area contributed by atoms with Crippen LogP contribution in [0.5, 0.6) is 0 Å². The molecule has 0 unspecified atom stereocenters. The fourth-order valence-electron chi connectivity index (χ4n) is 3.63. The molecule has 0 spiro atoms. The number of likely N-dealkylation sites (tertiary alicyclic amines) is 1. The topological polar surface area (TPSA) is 105 Å². The van der Waals surface area contributed by atoms with E-state index in [4.69, 9.17) is 5.73 Å². The molecule has 3 N–H and O–H groups in total. The molecule has 0 radical (unpaired) electrons. The number of benzene rings is 1. The van der Waals surface area contributed by atoms with E-state index in [1.165, 1.54) is 18.5 Å². The van der Waals surface area contributed by atoms with Crippen LogP contribution in [0, 0.1) is 5.92 Å². The van der Waals surface area contributed by atoms with Crippen molar-refractivity contribution in [2.75, 3.05) is 5.32 Å². The third-order valence-electron chi connectivity index (χ3n) is 5.39. The van der Waals surface area contributed by atoms with E-state index in [0.29, 0.717) is 0 Å². The van der Waals surface area contributed by atoms with Crippen LogP contribution < -0.4 is 11.1 Å². The van der Waals surface area contributed by atoms with Gasteiger partial charge < -0.3 is 16.0 Å². The molecule has 3 atom stereocenters. The summed E-state index contributed by atoms with van der Waals surface area (Å²) in [5.41, 5.74) is 6.67. The molecule has 7 nitrogen and oxygen atoms in total. The van der Waals surface area contributed by atoms with E-state index in [9.17, 15) is 14.4 Å². The number of hydrogen-bond donors (Lipinski definition) is 2. The van der Waals surface area contributed by atoms with Crippen molar-refractivity contribution in [1.82, 2.24) is 9.88 Å². The Labute approximate surface area is 163 Å². The molecule has 0 bridgehead atoms. The van der Waals surface area contributed by atoms with Crippen molar-refractivity contribution >= 4 is 23.4 Å². The van der Waals surface area contributed by atoms with Crippen LogP contribution in [0.1, 0.15) is 48.7 Å². The van der Waals surface area contributed by atoms with E-state index in [1.54, 1.807) is 4.90 Å². The predicted octanol–water partition coefficient (Wildman–Crippen LogP) is 2.51. The number of primary amides is 1. The summed E-state index contributed by atoms with van der Waals surface area (Å²) < 4.78 is 0. The first-order valence-electron chi connectivity index (χ1n) is 9.32. The lowest BCUT2D eigenvalue weighted by Crippen LogP contribution is -2.51. The molecule has 1 aromatic heterocycles. The minimum Gasteiger partial charge on any atom is -0.366 e. The molecule has 1 aliphatic heterocycles. The molecule has 146 valence electrons. The summed E-state index contributed by atoms with van der Waals surface area (Å²) in [5, 5.41) is 2.54. The van der Waals surface area contributed by atoms with Gasteiger partial charge in [-0.05, 0) is 37.3 Å². The third kappa shape index (κ3) is 4.03. The van der Waals surface area contributed by atoms with Gasteiger partial charge in [0.25, 0.3) is 0 Å². The summed E-state index contributed by atoms with van der Waals surface area (Å²) in [5.74, 6) is -1.73. The van der Waals surface area contributed by atoms with E-state index in [1.807, 2.05) is 37.3 Å². The van der Waals surface area contributed by atoms with E-state index in [2.05, 4.69) is 17.2 Å². The maximum absolute atomic E-state index is 13.1. The Bertz CT molecular complexity index is 884. The van der Waals surface area contributed by atoms with E-state index < -0.39 is 17.7 Å². The van der Waals surface area contributed by atoms with Crippen LogP contribution in [-0.2, 0) is 9.59 Å². The number of nitrogens with zero attached hydrogens (tertiary/aromatic N) is 2. The highest BCUT2D eigenvalue weighted by molar-refractivity contribution is 6.39. The molecular formula is C21H24N4O3. The Balaban J connectivity index is 1.83. The molecule has 0 aliphatic carbocycles. The SMILES string of the molecule is C[C@@H]1[C@@H](C)CC[C@H](c2ccccc2)N1C(=O)C(=O)Nc1cncc(C(N)=O)c1. The van der Waals surface area contributed by atoms with Crippen LogP contribution in [0.4, 0.5) is 5.69 Å². The molecule has 28 heavy (non-hydrogen) atoms. The fourth-order valence-corrected chi connectivity index (χ4v) is 3.63. The van der Waals surface area contributed by atoms with Crippen LogP contribution >= 0.6 is 0 Å². The molecule has 1 fully saturated rings. The lowest BCUT2D eigenvalue weighted by molar-refractivity contribution is -0.149. The van der Waals surface area contributed by atoms with Gasteiger partial charge in [0.05, 0.1) is 23.5 Å². The van der Waals surface area contributed by atoms with Gasteiger partial charge >= 0.3 is 11.8 Å². The minimum atomic E-state index is -0.759. The quantitative estimate of drug-likeness (QED) is 0.798. The first-order valence-corrected chi connectivity index (χ1v) is 9.32. The number of piperidine rings is 1. The third-order valence-corrected chi connectivity index (χ3v) is 5.39. The first kappa shape index (κ1) is 19.5.